The third kappa shape index (κ3) is 3.34. The molecule has 0 spiro atoms. The van der Waals surface area contributed by atoms with Crippen molar-refractivity contribution in [3.8, 4) is 0 Å². The van der Waals surface area contributed by atoms with Crippen LogP contribution in [0.2, 0.25) is 0 Å². The molecular formula is C14H14FN3O. The first-order chi connectivity index (χ1) is 9.20. The van der Waals surface area contributed by atoms with Gasteiger partial charge in [0.05, 0.1) is 24.0 Å². The normalized spacial score (nSPS) is 10.2. The fourth-order valence-corrected chi connectivity index (χ4v) is 1.73. The van der Waals surface area contributed by atoms with E-state index in [0.29, 0.717) is 13.1 Å². The van der Waals surface area contributed by atoms with Gasteiger partial charge in [-0.2, -0.15) is 0 Å². The number of halogens is 1. The molecule has 2 heterocycles. The van der Waals surface area contributed by atoms with Crippen molar-refractivity contribution in [2.75, 3.05) is 6.54 Å². The molecule has 5 heteroatoms. The molecule has 2 aromatic heterocycles. The second-order valence-corrected chi connectivity index (χ2v) is 4.03. The Balaban J connectivity index is 2.16. The predicted molar refractivity (Wildman–Crippen MR) is 68.8 cm³/mol. The molecule has 0 bridgehead atoms. The molecule has 0 radical (unpaired) electrons. The van der Waals surface area contributed by atoms with Crippen molar-refractivity contribution in [2.24, 2.45) is 0 Å². The fraction of sp³-hybridized carbons (Fsp3) is 0.214. The van der Waals surface area contributed by atoms with Crippen LogP contribution in [0.3, 0.4) is 0 Å². The number of carbonyl (C=O) groups is 1. The summed E-state index contributed by atoms with van der Waals surface area (Å²) in [5.41, 5.74) is 1.04. The lowest BCUT2D eigenvalue weighted by Gasteiger charge is -2.20. The summed E-state index contributed by atoms with van der Waals surface area (Å²) in [6, 6.07) is 6.72. The third-order valence-electron chi connectivity index (χ3n) is 2.70. The van der Waals surface area contributed by atoms with Gasteiger partial charge in [0.2, 0.25) is 0 Å². The van der Waals surface area contributed by atoms with Crippen molar-refractivity contribution in [3.63, 3.8) is 0 Å². The summed E-state index contributed by atoms with van der Waals surface area (Å²) in [6.07, 6.45) is 4.12. The lowest BCUT2D eigenvalue weighted by Crippen LogP contribution is -2.30. The van der Waals surface area contributed by atoms with Crippen molar-refractivity contribution < 1.29 is 9.18 Å². The summed E-state index contributed by atoms with van der Waals surface area (Å²) in [5, 5.41) is 0. The number of aromatic nitrogens is 2. The van der Waals surface area contributed by atoms with E-state index >= 15 is 0 Å². The Bertz CT molecular complexity index is 560. The van der Waals surface area contributed by atoms with Crippen molar-refractivity contribution in [2.45, 2.75) is 13.5 Å². The average Bonchev–Trinajstić information content (AvgIpc) is 2.45. The Labute approximate surface area is 110 Å². The first-order valence-electron chi connectivity index (χ1n) is 6.00. The van der Waals surface area contributed by atoms with Gasteiger partial charge in [0.1, 0.15) is 5.82 Å². The smallest absolute Gasteiger partial charge is 0.255 e. The zero-order valence-electron chi connectivity index (χ0n) is 10.6. The van der Waals surface area contributed by atoms with Crippen LogP contribution in [0.1, 0.15) is 23.0 Å². The summed E-state index contributed by atoms with van der Waals surface area (Å²) < 4.78 is 13.1. The van der Waals surface area contributed by atoms with Crippen molar-refractivity contribution in [1.82, 2.24) is 14.9 Å². The van der Waals surface area contributed by atoms with Crippen LogP contribution in [0, 0.1) is 5.82 Å². The topological polar surface area (TPSA) is 46.1 Å². The first-order valence-corrected chi connectivity index (χ1v) is 6.00. The van der Waals surface area contributed by atoms with Gasteiger partial charge in [0, 0.05) is 18.9 Å². The maximum atomic E-state index is 13.1. The second kappa shape index (κ2) is 6.04. The molecule has 98 valence electrons. The van der Waals surface area contributed by atoms with E-state index in [0.717, 1.165) is 11.9 Å². The zero-order valence-corrected chi connectivity index (χ0v) is 10.6. The molecule has 1 amide bonds. The Morgan fingerprint density at radius 3 is 2.84 bits per heavy atom. The molecule has 0 aliphatic rings. The Morgan fingerprint density at radius 2 is 2.21 bits per heavy atom. The number of nitrogens with zero attached hydrogens (tertiary/aromatic N) is 3. The molecule has 0 atom stereocenters. The number of hydrogen-bond acceptors (Lipinski definition) is 3. The van der Waals surface area contributed by atoms with Gasteiger partial charge in [0.15, 0.2) is 0 Å². The minimum Gasteiger partial charge on any atom is -0.333 e. The lowest BCUT2D eigenvalue weighted by atomic mass is 10.2. The van der Waals surface area contributed by atoms with Crippen LogP contribution in [0.15, 0.2) is 42.9 Å². The number of rotatable bonds is 4. The molecule has 0 aliphatic heterocycles. The highest BCUT2D eigenvalue weighted by atomic mass is 19.1. The molecule has 0 N–H and O–H groups in total. The molecule has 2 aromatic rings. The van der Waals surface area contributed by atoms with Crippen molar-refractivity contribution in [3.05, 3.63) is 59.9 Å². The van der Waals surface area contributed by atoms with E-state index < -0.39 is 5.82 Å². The monoisotopic (exact) mass is 259 g/mol. The standard InChI is InChI=1S/C14H14FN3O/c1-2-18(10-13-5-3-4-6-17-13)14(19)11-7-12(15)9-16-8-11/h3-9H,2,10H2,1H3. The largest absolute Gasteiger partial charge is 0.333 e. The first kappa shape index (κ1) is 13.1. The number of pyridine rings is 2. The van der Waals surface area contributed by atoms with Gasteiger partial charge in [-0.1, -0.05) is 6.07 Å². The maximum Gasteiger partial charge on any atom is 0.255 e. The second-order valence-electron chi connectivity index (χ2n) is 4.03. The van der Waals surface area contributed by atoms with Gasteiger partial charge < -0.3 is 4.90 Å². The Kier molecular flexibility index (Phi) is 4.18. The van der Waals surface area contributed by atoms with E-state index in [4.69, 9.17) is 0 Å². The summed E-state index contributed by atoms with van der Waals surface area (Å²) in [4.78, 5) is 21.7. The number of carbonyl (C=O) groups excluding carboxylic acids is 1. The van der Waals surface area contributed by atoms with E-state index in [1.165, 1.54) is 12.3 Å². The SMILES string of the molecule is CCN(Cc1ccccn1)C(=O)c1cncc(F)c1. The van der Waals surface area contributed by atoms with Crippen LogP contribution in [0.25, 0.3) is 0 Å². The molecule has 19 heavy (non-hydrogen) atoms. The molecule has 0 aromatic carbocycles. The summed E-state index contributed by atoms with van der Waals surface area (Å²) in [7, 11) is 0. The molecule has 0 fully saturated rings. The third-order valence-corrected chi connectivity index (χ3v) is 2.70. The fourth-order valence-electron chi connectivity index (χ4n) is 1.73. The number of amides is 1. The lowest BCUT2D eigenvalue weighted by molar-refractivity contribution is 0.0749. The van der Waals surface area contributed by atoms with E-state index in [2.05, 4.69) is 9.97 Å². The van der Waals surface area contributed by atoms with E-state index in [-0.39, 0.29) is 11.5 Å². The molecule has 0 unspecified atom stereocenters. The Morgan fingerprint density at radius 1 is 1.37 bits per heavy atom. The van der Waals surface area contributed by atoms with Crippen LogP contribution >= 0.6 is 0 Å². The van der Waals surface area contributed by atoms with E-state index in [1.54, 1.807) is 11.1 Å². The average molecular weight is 259 g/mol. The highest BCUT2D eigenvalue weighted by Crippen LogP contribution is 2.08. The zero-order chi connectivity index (χ0) is 13.7. The molecule has 0 aliphatic carbocycles. The minimum atomic E-state index is -0.514. The molecule has 0 saturated carbocycles. The van der Waals surface area contributed by atoms with Crippen LogP contribution in [0.5, 0.6) is 0 Å². The van der Waals surface area contributed by atoms with Crippen LogP contribution < -0.4 is 0 Å². The maximum absolute atomic E-state index is 13.1. The highest BCUT2D eigenvalue weighted by Gasteiger charge is 2.15. The molecular weight excluding hydrogens is 245 g/mol. The van der Waals surface area contributed by atoms with Crippen molar-refractivity contribution >= 4 is 5.91 Å². The van der Waals surface area contributed by atoms with E-state index in [1.807, 2.05) is 25.1 Å². The predicted octanol–water partition coefficient (Wildman–Crippen LogP) is 2.28. The summed E-state index contributed by atoms with van der Waals surface area (Å²) >= 11 is 0. The Hall–Kier alpha value is -2.30. The van der Waals surface area contributed by atoms with Gasteiger partial charge >= 0.3 is 0 Å². The highest BCUT2D eigenvalue weighted by molar-refractivity contribution is 5.93. The molecule has 2 rings (SSSR count). The minimum absolute atomic E-state index is 0.248. The summed E-state index contributed by atoms with van der Waals surface area (Å²) in [5.74, 6) is -0.764. The van der Waals surface area contributed by atoms with Crippen LogP contribution in [-0.4, -0.2) is 27.3 Å². The van der Waals surface area contributed by atoms with Gasteiger partial charge in [0.25, 0.3) is 5.91 Å². The van der Waals surface area contributed by atoms with Crippen LogP contribution in [0.4, 0.5) is 4.39 Å². The van der Waals surface area contributed by atoms with Gasteiger partial charge in [-0.15, -0.1) is 0 Å². The van der Waals surface area contributed by atoms with Gasteiger partial charge in [-0.25, -0.2) is 4.39 Å². The van der Waals surface area contributed by atoms with Gasteiger partial charge in [-0.3, -0.25) is 14.8 Å². The quantitative estimate of drug-likeness (QED) is 0.846. The van der Waals surface area contributed by atoms with Gasteiger partial charge in [-0.05, 0) is 25.1 Å². The number of hydrogen-bond donors (Lipinski definition) is 0. The van der Waals surface area contributed by atoms with E-state index in [9.17, 15) is 9.18 Å². The van der Waals surface area contributed by atoms with Crippen molar-refractivity contribution in [1.29, 1.82) is 0 Å². The molecule has 0 saturated heterocycles. The molecule has 4 nitrogen and oxygen atoms in total. The summed E-state index contributed by atoms with van der Waals surface area (Å²) in [6.45, 7) is 2.78. The van der Waals surface area contributed by atoms with Crippen LogP contribution in [-0.2, 0) is 6.54 Å².